The number of guanidine groups is 1. The third-order valence-electron chi connectivity index (χ3n) is 3.53. The zero-order valence-electron chi connectivity index (χ0n) is 14.6. The van der Waals surface area contributed by atoms with Crippen LogP contribution >= 0.6 is 0 Å². The summed E-state index contributed by atoms with van der Waals surface area (Å²) in [6.45, 7) is 1.62. The van der Waals surface area contributed by atoms with Gasteiger partial charge in [0, 0.05) is 24.9 Å². The van der Waals surface area contributed by atoms with E-state index in [1.54, 1.807) is 12.1 Å². The van der Waals surface area contributed by atoms with Gasteiger partial charge < -0.3 is 16.4 Å². The van der Waals surface area contributed by atoms with Crippen LogP contribution in [0.5, 0.6) is 0 Å². The van der Waals surface area contributed by atoms with E-state index < -0.39 is 26.1 Å². The molecule has 1 saturated heterocycles. The van der Waals surface area contributed by atoms with Gasteiger partial charge in [-0.3, -0.25) is 13.9 Å². The first-order chi connectivity index (χ1) is 12.3. The van der Waals surface area contributed by atoms with E-state index in [1.807, 2.05) is 4.90 Å². The molecule has 0 aromatic heterocycles. The molecule has 0 unspecified atom stereocenters. The van der Waals surface area contributed by atoms with Crippen molar-refractivity contribution in [2.24, 2.45) is 16.5 Å². The number of hydrogen-bond acceptors (Lipinski definition) is 6. The summed E-state index contributed by atoms with van der Waals surface area (Å²) in [6, 6.07) is 4.54. The summed E-state index contributed by atoms with van der Waals surface area (Å²) in [5.41, 5.74) is 11.1. The van der Waals surface area contributed by atoms with Gasteiger partial charge in [-0.15, -0.1) is 0 Å². The Morgan fingerprint density at radius 3 is 2.04 bits per heavy atom. The molecule has 0 spiro atoms. The molecule has 0 atom stereocenters. The fraction of sp³-hybridized carbons (Fsp3) is 0.429. The fourth-order valence-corrected chi connectivity index (χ4v) is 3.44. The predicted octanol–water partition coefficient (Wildman–Crippen LogP) is -0.159. The van der Waals surface area contributed by atoms with Crippen LogP contribution in [0.4, 0.5) is 5.69 Å². The maximum Gasteiger partial charge on any atom is 0.394 e. The van der Waals surface area contributed by atoms with Crippen molar-refractivity contribution in [1.82, 2.24) is 0 Å². The topological polar surface area (TPSA) is 193 Å². The average Bonchev–Trinajstić information content (AvgIpc) is 2.52. The quantitative estimate of drug-likeness (QED) is 0.289. The van der Waals surface area contributed by atoms with Crippen LogP contribution in [0.2, 0.25) is 0 Å². The smallest absolute Gasteiger partial charge is 0.370 e. The van der Waals surface area contributed by atoms with Crippen molar-refractivity contribution in [1.29, 1.82) is 0 Å². The Kier molecular flexibility index (Phi) is 7.71. The zero-order chi connectivity index (χ0) is 20.8. The summed E-state index contributed by atoms with van der Waals surface area (Å²) in [5, 5.41) is 0. The zero-order valence-corrected chi connectivity index (χ0v) is 16.2. The van der Waals surface area contributed by atoms with Gasteiger partial charge in [-0.25, -0.2) is 8.42 Å². The van der Waals surface area contributed by atoms with Crippen LogP contribution in [-0.2, 0) is 20.2 Å². The van der Waals surface area contributed by atoms with E-state index in [0.29, 0.717) is 5.69 Å². The average molecular weight is 422 g/mol. The van der Waals surface area contributed by atoms with Crippen molar-refractivity contribution in [3.8, 4) is 0 Å². The number of nitrogens with two attached hydrogens (primary N) is 2. The Morgan fingerprint density at radius 2 is 1.59 bits per heavy atom. The second-order valence-corrected chi connectivity index (χ2v) is 8.67. The molecule has 1 amide bonds. The van der Waals surface area contributed by atoms with Crippen LogP contribution < -0.4 is 16.4 Å². The molecule has 27 heavy (non-hydrogen) atoms. The third-order valence-corrected chi connectivity index (χ3v) is 4.66. The lowest BCUT2D eigenvalue weighted by molar-refractivity contribution is 0.100. The molecular weight excluding hydrogens is 400 g/mol. The highest BCUT2D eigenvalue weighted by Gasteiger charge is 2.21. The van der Waals surface area contributed by atoms with Crippen molar-refractivity contribution in [2.45, 2.75) is 24.2 Å². The molecule has 6 N–H and O–H groups in total. The molecule has 13 heteroatoms. The van der Waals surface area contributed by atoms with Crippen molar-refractivity contribution < 1.29 is 30.7 Å². The van der Waals surface area contributed by atoms with Crippen LogP contribution in [-0.4, -0.2) is 57.2 Å². The number of benzene rings is 1. The highest BCUT2D eigenvalue weighted by molar-refractivity contribution is 7.90. The molecule has 1 aromatic rings. The summed E-state index contributed by atoms with van der Waals surface area (Å²) in [7, 11) is -8.14. The lowest BCUT2D eigenvalue weighted by atomic mass is 10.1. The largest absolute Gasteiger partial charge is 0.394 e. The van der Waals surface area contributed by atoms with E-state index in [2.05, 4.69) is 4.99 Å². The monoisotopic (exact) mass is 422 g/mol. The number of carbonyl (C=O) groups is 1. The number of hydrogen-bond donors (Lipinski definition) is 4. The van der Waals surface area contributed by atoms with Gasteiger partial charge in [0.1, 0.15) is 0 Å². The minimum absolute atomic E-state index is 0.131. The van der Waals surface area contributed by atoms with E-state index in [9.17, 15) is 13.2 Å². The summed E-state index contributed by atoms with van der Waals surface area (Å²) in [4.78, 5) is 17.5. The van der Waals surface area contributed by atoms with Crippen molar-refractivity contribution in [3.05, 3.63) is 23.8 Å². The van der Waals surface area contributed by atoms with Gasteiger partial charge in [0.2, 0.25) is 0 Å². The molecular formula is C14H22N4O7S2. The Balaban J connectivity index is 0.000000646. The molecule has 1 aliphatic rings. The van der Waals surface area contributed by atoms with E-state index >= 15 is 0 Å². The second-order valence-electron chi connectivity index (χ2n) is 5.79. The number of nitrogens with zero attached hydrogens (tertiary/aromatic N) is 2. The van der Waals surface area contributed by atoms with Crippen molar-refractivity contribution >= 4 is 37.8 Å². The fourth-order valence-electron chi connectivity index (χ4n) is 2.52. The first kappa shape index (κ1) is 22.8. The van der Waals surface area contributed by atoms with Gasteiger partial charge in [0.15, 0.2) is 15.8 Å². The molecule has 1 heterocycles. The first-order valence-electron chi connectivity index (χ1n) is 7.72. The number of piperidine rings is 1. The maximum atomic E-state index is 12.1. The Labute approximate surface area is 157 Å². The van der Waals surface area contributed by atoms with Gasteiger partial charge >= 0.3 is 10.4 Å². The SMILES string of the molecule is CS(=O)(=O)c1cc(C(=O)N=C(N)N)ccc1N1CCCCC1.O=S(=O)(O)O. The minimum atomic E-state index is -4.67. The normalized spacial score (nSPS) is 14.7. The van der Waals surface area contributed by atoms with Crippen molar-refractivity contribution in [3.63, 3.8) is 0 Å². The van der Waals surface area contributed by atoms with E-state index in [1.165, 1.54) is 6.07 Å². The van der Waals surface area contributed by atoms with E-state index in [0.717, 1.165) is 38.6 Å². The number of anilines is 1. The Hall–Kier alpha value is -2.22. The van der Waals surface area contributed by atoms with Gasteiger partial charge in [0.25, 0.3) is 5.91 Å². The number of rotatable bonds is 3. The summed E-state index contributed by atoms with van der Waals surface area (Å²) in [5.74, 6) is -1.01. The Bertz CT molecular complexity index is 909. The number of carbonyl (C=O) groups excluding carboxylic acids is 1. The molecule has 0 saturated carbocycles. The lowest BCUT2D eigenvalue weighted by Gasteiger charge is -2.30. The van der Waals surface area contributed by atoms with Crippen LogP contribution in [0.25, 0.3) is 0 Å². The van der Waals surface area contributed by atoms with E-state index in [-0.39, 0.29) is 16.4 Å². The van der Waals surface area contributed by atoms with Crippen LogP contribution in [0, 0.1) is 0 Å². The van der Waals surface area contributed by atoms with Crippen LogP contribution in [0.1, 0.15) is 29.6 Å². The van der Waals surface area contributed by atoms with Gasteiger partial charge in [0.05, 0.1) is 10.6 Å². The van der Waals surface area contributed by atoms with E-state index in [4.69, 9.17) is 29.0 Å². The second kappa shape index (κ2) is 9.12. The highest BCUT2D eigenvalue weighted by atomic mass is 32.3. The maximum absolute atomic E-state index is 12.1. The summed E-state index contributed by atoms with van der Waals surface area (Å²) >= 11 is 0. The summed E-state index contributed by atoms with van der Waals surface area (Å²) < 4.78 is 55.7. The first-order valence-corrected chi connectivity index (χ1v) is 11.0. The minimum Gasteiger partial charge on any atom is -0.370 e. The van der Waals surface area contributed by atoms with Crippen LogP contribution in [0.3, 0.4) is 0 Å². The Morgan fingerprint density at radius 1 is 1.07 bits per heavy atom. The molecule has 0 aliphatic carbocycles. The summed E-state index contributed by atoms with van der Waals surface area (Å²) in [6.07, 6.45) is 4.33. The molecule has 0 bridgehead atoms. The molecule has 0 radical (unpaired) electrons. The van der Waals surface area contributed by atoms with Crippen molar-refractivity contribution in [2.75, 3.05) is 24.2 Å². The standard InChI is InChI=1S/C14H20N4O3S.H2O4S/c1-22(20,21)12-9-10(13(19)17-14(15)16)5-6-11(12)18-7-3-2-4-8-18;1-5(2,3)4/h5-6,9H,2-4,7-8H2,1H3,(H4,15,16,17,19);(H2,1,2,3,4). The van der Waals surface area contributed by atoms with Gasteiger partial charge in [-0.2, -0.15) is 13.4 Å². The highest BCUT2D eigenvalue weighted by Crippen LogP contribution is 2.29. The molecule has 1 aromatic carbocycles. The predicted molar refractivity (Wildman–Crippen MR) is 99.9 cm³/mol. The van der Waals surface area contributed by atoms with Gasteiger partial charge in [-0.1, -0.05) is 0 Å². The van der Waals surface area contributed by atoms with Crippen LogP contribution in [0.15, 0.2) is 28.1 Å². The number of aliphatic imine (C=N–C) groups is 1. The van der Waals surface area contributed by atoms with Gasteiger partial charge in [-0.05, 0) is 37.5 Å². The molecule has 1 fully saturated rings. The lowest BCUT2D eigenvalue weighted by Crippen LogP contribution is -2.30. The number of sulfone groups is 1. The third kappa shape index (κ3) is 8.34. The number of amides is 1. The molecule has 11 nitrogen and oxygen atoms in total. The molecule has 152 valence electrons. The molecule has 2 rings (SSSR count). The molecule has 1 aliphatic heterocycles.